The van der Waals surface area contributed by atoms with Crippen LogP contribution < -0.4 is 0 Å². The van der Waals surface area contributed by atoms with Crippen LogP contribution in [0.2, 0.25) is 0 Å². The van der Waals surface area contributed by atoms with Crippen LogP contribution in [0, 0.1) is 5.92 Å². The highest BCUT2D eigenvalue weighted by atomic mass is 14.7. The molecule has 1 aliphatic heterocycles. The van der Waals surface area contributed by atoms with Gasteiger partial charge in [-0.25, -0.2) is 0 Å². The standard InChI is InChI=1S/C17H17N/c1-12(2)17-14-8-4-3-7-13(14)11-18-16-10-6-5-9-15(16)17/h3-12,17H,1-2H3. The van der Waals surface area contributed by atoms with Crippen molar-refractivity contribution in [2.75, 3.05) is 0 Å². The van der Waals surface area contributed by atoms with Gasteiger partial charge < -0.3 is 0 Å². The minimum Gasteiger partial charge on any atom is -0.256 e. The number of nitrogens with zero attached hydrogens (tertiary/aromatic N) is 1. The molecule has 1 heteroatoms. The quantitative estimate of drug-likeness (QED) is 0.688. The van der Waals surface area contributed by atoms with E-state index in [2.05, 4.69) is 67.4 Å². The van der Waals surface area contributed by atoms with E-state index in [0.717, 1.165) is 5.69 Å². The molecule has 1 nitrogen and oxygen atoms in total. The van der Waals surface area contributed by atoms with E-state index in [1.165, 1.54) is 16.7 Å². The van der Waals surface area contributed by atoms with E-state index in [4.69, 9.17) is 0 Å². The van der Waals surface area contributed by atoms with Crippen molar-refractivity contribution in [1.29, 1.82) is 0 Å². The fourth-order valence-electron chi connectivity index (χ4n) is 2.80. The highest BCUT2D eigenvalue weighted by Crippen LogP contribution is 2.40. The van der Waals surface area contributed by atoms with Crippen molar-refractivity contribution in [3.05, 3.63) is 65.2 Å². The molecule has 90 valence electrons. The summed E-state index contributed by atoms with van der Waals surface area (Å²) < 4.78 is 0. The van der Waals surface area contributed by atoms with Crippen LogP contribution >= 0.6 is 0 Å². The molecule has 0 amide bonds. The molecule has 1 atom stereocenters. The topological polar surface area (TPSA) is 12.4 Å². The van der Waals surface area contributed by atoms with Crippen LogP contribution in [0.4, 0.5) is 5.69 Å². The average Bonchev–Trinajstić information content (AvgIpc) is 2.55. The third kappa shape index (κ3) is 1.76. The molecule has 1 heterocycles. The average molecular weight is 235 g/mol. The van der Waals surface area contributed by atoms with Crippen molar-refractivity contribution in [3.63, 3.8) is 0 Å². The van der Waals surface area contributed by atoms with Crippen LogP contribution in [0.25, 0.3) is 0 Å². The van der Waals surface area contributed by atoms with Gasteiger partial charge in [0.25, 0.3) is 0 Å². The van der Waals surface area contributed by atoms with Crippen LogP contribution in [0.5, 0.6) is 0 Å². The first-order valence-corrected chi connectivity index (χ1v) is 6.49. The molecule has 0 saturated heterocycles. The molecular formula is C17H17N. The third-order valence-electron chi connectivity index (χ3n) is 3.61. The van der Waals surface area contributed by atoms with E-state index >= 15 is 0 Å². The predicted octanol–water partition coefficient (Wildman–Crippen LogP) is 4.54. The Balaban J connectivity index is 2.27. The number of aliphatic imine (C=N–C) groups is 1. The Morgan fingerprint density at radius 3 is 2.33 bits per heavy atom. The normalized spacial score (nSPS) is 17.2. The second kappa shape index (κ2) is 4.41. The molecule has 0 N–H and O–H groups in total. The van der Waals surface area contributed by atoms with E-state index in [-0.39, 0.29) is 0 Å². The Hall–Kier alpha value is -1.89. The van der Waals surface area contributed by atoms with Gasteiger partial charge in [0.2, 0.25) is 0 Å². The molecule has 0 aliphatic carbocycles. The summed E-state index contributed by atoms with van der Waals surface area (Å²) in [4.78, 5) is 4.64. The van der Waals surface area contributed by atoms with Crippen molar-refractivity contribution in [1.82, 2.24) is 0 Å². The summed E-state index contributed by atoms with van der Waals surface area (Å²) in [5.41, 5.74) is 5.08. The number of para-hydroxylation sites is 1. The molecule has 0 saturated carbocycles. The number of benzene rings is 2. The zero-order valence-corrected chi connectivity index (χ0v) is 10.8. The summed E-state index contributed by atoms with van der Waals surface area (Å²) in [6, 6.07) is 17.1. The van der Waals surface area contributed by atoms with Gasteiger partial charge in [-0.05, 0) is 28.7 Å². The lowest BCUT2D eigenvalue weighted by molar-refractivity contribution is 0.565. The number of hydrogen-bond acceptors (Lipinski definition) is 1. The lowest BCUT2D eigenvalue weighted by Crippen LogP contribution is -2.09. The zero-order valence-electron chi connectivity index (χ0n) is 10.8. The van der Waals surface area contributed by atoms with Gasteiger partial charge in [-0.3, -0.25) is 4.99 Å². The summed E-state index contributed by atoms with van der Waals surface area (Å²) in [5, 5.41) is 0. The molecular weight excluding hydrogens is 218 g/mol. The second-order valence-corrected chi connectivity index (χ2v) is 5.17. The molecule has 18 heavy (non-hydrogen) atoms. The minimum atomic E-state index is 0.430. The highest BCUT2D eigenvalue weighted by Gasteiger charge is 2.24. The number of rotatable bonds is 1. The predicted molar refractivity (Wildman–Crippen MR) is 76.8 cm³/mol. The van der Waals surface area contributed by atoms with Crippen LogP contribution in [-0.2, 0) is 0 Å². The zero-order chi connectivity index (χ0) is 12.5. The van der Waals surface area contributed by atoms with E-state index in [9.17, 15) is 0 Å². The largest absolute Gasteiger partial charge is 0.256 e. The summed E-state index contributed by atoms with van der Waals surface area (Å²) in [5.74, 6) is 0.994. The Kier molecular flexibility index (Phi) is 2.75. The van der Waals surface area contributed by atoms with Gasteiger partial charge >= 0.3 is 0 Å². The van der Waals surface area contributed by atoms with Gasteiger partial charge in [-0.1, -0.05) is 56.3 Å². The van der Waals surface area contributed by atoms with E-state index < -0.39 is 0 Å². The van der Waals surface area contributed by atoms with Gasteiger partial charge in [0.1, 0.15) is 0 Å². The van der Waals surface area contributed by atoms with Gasteiger partial charge in [0, 0.05) is 12.1 Å². The van der Waals surface area contributed by atoms with Gasteiger partial charge in [0.15, 0.2) is 0 Å². The summed E-state index contributed by atoms with van der Waals surface area (Å²) in [7, 11) is 0. The van der Waals surface area contributed by atoms with Crippen LogP contribution in [0.15, 0.2) is 53.5 Å². The maximum atomic E-state index is 4.64. The number of fused-ring (bicyclic) bond motifs is 2. The maximum Gasteiger partial charge on any atom is 0.0668 e. The fraction of sp³-hybridized carbons (Fsp3) is 0.235. The van der Waals surface area contributed by atoms with Gasteiger partial charge in [-0.2, -0.15) is 0 Å². The Morgan fingerprint density at radius 2 is 1.56 bits per heavy atom. The molecule has 0 radical (unpaired) electrons. The van der Waals surface area contributed by atoms with Crippen LogP contribution in [-0.4, -0.2) is 6.21 Å². The smallest absolute Gasteiger partial charge is 0.0668 e. The van der Waals surface area contributed by atoms with Gasteiger partial charge in [0.05, 0.1) is 5.69 Å². The first-order chi connectivity index (χ1) is 8.77. The summed E-state index contributed by atoms with van der Waals surface area (Å²) in [6.07, 6.45) is 2.00. The molecule has 0 spiro atoms. The van der Waals surface area contributed by atoms with E-state index in [1.807, 2.05) is 6.21 Å². The number of hydrogen-bond donors (Lipinski definition) is 0. The van der Waals surface area contributed by atoms with E-state index in [0.29, 0.717) is 11.8 Å². The first kappa shape index (κ1) is 11.2. The van der Waals surface area contributed by atoms with Crippen molar-refractivity contribution in [3.8, 4) is 0 Å². The molecule has 1 aliphatic rings. The monoisotopic (exact) mass is 235 g/mol. The summed E-state index contributed by atoms with van der Waals surface area (Å²) >= 11 is 0. The van der Waals surface area contributed by atoms with Crippen LogP contribution in [0.3, 0.4) is 0 Å². The van der Waals surface area contributed by atoms with Crippen molar-refractivity contribution >= 4 is 11.9 Å². The van der Waals surface area contributed by atoms with E-state index in [1.54, 1.807) is 0 Å². The highest BCUT2D eigenvalue weighted by molar-refractivity contribution is 5.86. The maximum absolute atomic E-state index is 4.64. The molecule has 0 aromatic heterocycles. The molecule has 2 aromatic carbocycles. The van der Waals surface area contributed by atoms with Crippen molar-refractivity contribution in [2.45, 2.75) is 19.8 Å². The Morgan fingerprint density at radius 1 is 0.889 bits per heavy atom. The van der Waals surface area contributed by atoms with Crippen LogP contribution in [0.1, 0.15) is 36.5 Å². The molecule has 0 fully saturated rings. The Bertz CT molecular complexity index is 547. The minimum absolute atomic E-state index is 0.430. The molecule has 1 unspecified atom stereocenters. The van der Waals surface area contributed by atoms with Gasteiger partial charge in [-0.15, -0.1) is 0 Å². The SMILES string of the molecule is CC(C)C1c2ccccc2C=Nc2ccccc21. The lowest BCUT2D eigenvalue weighted by atomic mass is 9.80. The lowest BCUT2D eigenvalue weighted by Gasteiger charge is -2.23. The van der Waals surface area contributed by atoms with Crippen molar-refractivity contribution < 1.29 is 0 Å². The molecule has 0 bridgehead atoms. The second-order valence-electron chi connectivity index (χ2n) is 5.17. The first-order valence-electron chi connectivity index (χ1n) is 6.49. The molecule has 2 aromatic rings. The summed E-state index contributed by atoms with van der Waals surface area (Å²) in [6.45, 7) is 4.56. The molecule has 3 rings (SSSR count). The van der Waals surface area contributed by atoms with Crippen molar-refractivity contribution in [2.24, 2.45) is 10.9 Å². The third-order valence-corrected chi connectivity index (χ3v) is 3.61. The fourth-order valence-corrected chi connectivity index (χ4v) is 2.80. The Labute approximate surface area is 108 Å².